The van der Waals surface area contributed by atoms with Gasteiger partial charge in [-0.05, 0) is 48.6 Å². The third kappa shape index (κ3) is 6.06. The number of nitrogens with one attached hydrogen (secondary N) is 1. The number of rotatable bonds is 8. The summed E-state index contributed by atoms with van der Waals surface area (Å²) in [6, 6.07) is 13.2. The summed E-state index contributed by atoms with van der Waals surface area (Å²) in [4.78, 5) is 27.3. The van der Waals surface area contributed by atoms with Crippen molar-refractivity contribution >= 4 is 29.2 Å². The van der Waals surface area contributed by atoms with Gasteiger partial charge in [0, 0.05) is 5.02 Å². The predicted molar refractivity (Wildman–Crippen MR) is 129 cm³/mol. The summed E-state index contributed by atoms with van der Waals surface area (Å²) in [5.41, 5.74) is 1.60. The fourth-order valence-corrected chi connectivity index (χ4v) is 4.93. The van der Waals surface area contributed by atoms with Crippen LogP contribution in [-0.2, 0) is 16.1 Å². The van der Waals surface area contributed by atoms with Gasteiger partial charge in [-0.2, -0.15) is 0 Å². The first-order valence-electron chi connectivity index (χ1n) is 11.8. The Morgan fingerprint density at radius 2 is 1.85 bits per heavy atom. The molecule has 1 heterocycles. The third-order valence-electron chi connectivity index (χ3n) is 6.67. The van der Waals surface area contributed by atoms with Crippen molar-refractivity contribution in [3.63, 3.8) is 0 Å². The highest BCUT2D eigenvalue weighted by Gasteiger charge is 2.34. The van der Waals surface area contributed by atoms with Gasteiger partial charge in [0.05, 0.1) is 12.2 Å². The van der Waals surface area contributed by atoms with Gasteiger partial charge in [-0.15, -0.1) is 0 Å². The van der Waals surface area contributed by atoms with Gasteiger partial charge in [-0.25, -0.2) is 0 Å². The highest BCUT2D eigenvalue weighted by Crippen LogP contribution is 2.33. The molecule has 1 unspecified atom stereocenters. The molecule has 33 heavy (non-hydrogen) atoms. The van der Waals surface area contributed by atoms with Gasteiger partial charge in [0.2, 0.25) is 5.91 Å². The van der Waals surface area contributed by atoms with Crippen LogP contribution in [0.25, 0.3) is 0 Å². The van der Waals surface area contributed by atoms with Crippen molar-refractivity contribution in [2.24, 2.45) is 5.92 Å². The summed E-state index contributed by atoms with van der Waals surface area (Å²) in [5.74, 6) is 0.0655. The van der Waals surface area contributed by atoms with E-state index in [1.807, 2.05) is 36.4 Å². The number of carbonyl (C=O) groups is 2. The maximum absolute atomic E-state index is 13.6. The highest BCUT2D eigenvalue weighted by molar-refractivity contribution is 6.30. The van der Waals surface area contributed by atoms with Crippen LogP contribution in [0.3, 0.4) is 0 Å². The van der Waals surface area contributed by atoms with Gasteiger partial charge < -0.3 is 14.7 Å². The summed E-state index contributed by atoms with van der Waals surface area (Å²) in [7, 11) is 0. The number of carbonyl (C=O) groups excluding carboxylic acids is 1. The number of ether oxygens (including phenoxy) is 1. The quantitative estimate of drug-likeness (QED) is 0.565. The van der Waals surface area contributed by atoms with Crippen molar-refractivity contribution in [3.05, 3.63) is 59.1 Å². The Labute approximate surface area is 199 Å². The van der Waals surface area contributed by atoms with E-state index < -0.39 is 18.1 Å². The van der Waals surface area contributed by atoms with Crippen molar-refractivity contribution in [3.8, 4) is 5.75 Å². The molecular weight excluding hydrogens is 440 g/mol. The molecule has 2 aliphatic rings. The lowest BCUT2D eigenvalue weighted by molar-refractivity contribution is -0.140. The zero-order valence-electron chi connectivity index (χ0n) is 18.7. The second kappa shape index (κ2) is 11.0. The Morgan fingerprint density at radius 3 is 2.58 bits per heavy atom. The van der Waals surface area contributed by atoms with Crippen LogP contribution in [0, 0.1) is 5.92 Å². The summed E-state index contributed by atoms with van der Waals surface area (Å²) in [6.07, 6.45) is 7.43. The van der Waals surface area contributed by atoms with E-state index in [-0.39, 0.29) is 12.5 Å². The molecule has 1 fully saturated rings. The van der Waals surface area contributed by atoms with Crippen LogP contribution in [0.15, 0.2) is 48.5 Å². The lowest BCUT2D eigenvalue weighted by Gasteiger charge is -2.28. The van der Waals surface area contributed by atoms with E-state index in [1.54, 1.807) is 17.0 Å². The van der Waals surface area contributed by atoms with E-state index in [1.165, 1.54) is 32.1 Å². The first-order chi connectivity index (χ1) is 16.0. The van der Waals surface area contributed by atoms with Crippen LogP contribution in [0.5, 0.6) is 5.75 Å². The van der Waals surface area contributed by atoms with Gasteiger partial charge in [0.25, 0.3) is 0 Å². The molecule has 2 aromatic carbocycles. The first kappa shape index (κ1) is 23.6. The zero-order valence-corrected chi connectivity index (χ0v) is 19.5. The minimum absolute atomic E-state index is 0.0835. The average Bonchev–Trinajstić information content (AvgIpc) is 2.95. The largest absolute Gasteiger partial charge is 0.489 e. The van der Waals surface area contributed by atoms with E-state index in [2.05, 4.69) is 5.32 Å². The van der Waals surface area contributed by atoms with E-state index in [4.69, 9.17) is 16.3 Å². The number of para-hydroxylation sites is 2. The molecule has 0 aromatic heterocycles. The number of aliphatic carboxylic acids is 1. The number of anilines is 1. The maximum Gasteiger partial charge on any atom is 0.320 e. The smallest absolute Gasteiger partial charge is 0.320 e. The second-order valence-corrected chi connectivity index (χ2v) is 9.46. The standard InChI is InChI=1S/C26H31ClN2O4/c27-20-13-10-19(11-14-20)16-29-23-8-4-5-9-24(23)33-17-22(25(29)30)28-21(26(31)32)15-12-18-6-2-1-3-7-18/h4-5,8-11,13-14,18,21-22,28H,1-3,6-7,12,15-17H2,(H,31,32)/t21-,22?/m0/s1. The molecule has 0 radical (unpaired) electrons. The Kier molecular flexibility index (Phi) is 7.89. The monoisotopic (exact) mass is 470 g/mol. The number of halogens is 1. The Balaban J connectivity index is 1.51. The third-order valence-corrected chi connectivity index (χ3v) is 6.92. The molecule has 1 amide bonds. The molecule has 2 atom stereocenters. The molecule has 0 spiro atoms. The van der Waals surface area contributed by atoms with Crippen LogP contribution >= 0.6 is 11.6 Å². The Morgan fingerprint density at radius 1 is 1.12 bits per heavy atom. The number of hydrogen-bond donors (Lipinski definition) is 2. The first-order valence-corrected chi connectivity index (χ1v) is 12.2. The van der Waals surface area contributed by atoms with Crippen LogP contribution in [0.4, 0.5) is 5.69 Å². The number of fused-ring (bicyclic) bond motifs is 1. The number of amides is 1. The van der Waals surface area contributed by atoms with Gasteiger partial charge in [0.1, 0.15) is 24.4 Å². The number of nitrogens with zero attached hydrogens (tertiary/aromatic N) is 1. The van der Waals surface area contributed by atoms with Crippen LogP contribution in [-0.4, -0.2) is 35.7 Å². The molecule has 0 saturated heterocycles. The van der Waals surface area contributed by atoms with E-state index in [9.17, 15) is 14.7 Å². The molecule has 2 N–H and O–H groups in total. The van der Waals surface area contributed by atoms with Gasteiger partial charge in [-0.3, -0.25) is 14.9 Å². The number of benzene rings is 2. The van der Waals surface area contributed by atoms with Gasteiger partial charge in [0.15, 0.2) is 0 Å². The van der Waals surface area contributed by atoms with Crippen molar-refractivity contribution in [2.75, 3.05) is 11.5 Å². The van der Waals surface area contributed by atoms with E-state index >= 15 is 0 Å². The van der Waals surface area contributed by atoms with E-state index in [0.29, 0.717) is 35.3 Å². The normalized spacial score (nSPS) is 20.0. The predicted octanol–water partition coefficient (Wildman–Crippen LogP) is 5.04. The highest BCUT2D eigenvalue weighted by atomic mass is 35.5. The van der Waals surface area contributed by atoms with Gasteiger partial charge in [-0.1, -0.05) is 68.0 Å². The van der Waals surface area contributed by atoms with Crippen molar-refractivity contribution in [1.29, 1.82) is 0 Å². The maximum atomic E-state index is 13.6. The minimum atomic E-state index is -0.926. The van der Waals surface area contributed by atoms with Crippen LogP contribution in [0.2, 0.25) is 5.02 Å². The van der Waals surface area contributed by atoms with Crippen molar-refractivity contribution < 1.29 is 19.4 Å². The molecule has 0 bridgehead atoms. The summed E-state index contributed by atoms with van der Waals surface area (Å²) < 4.78 is 5.95. The second-order valence-electron chi connectivity index (χ2n) is 9.02. The minimum Gasteiger partial charge on any atom is -0.489 e. The SMILES string of the molecule is O=C(O)[C@H](CCC1CCCCC1)NC1COc2ccccc2N(Cc2ccc(Cl)cc2)C1=O. The molecule has 2 aromatic rings. The van der Waals surface area contributed by atoms with E-state index in [0.717, 1.165) is 12.0 Å². The lowest BCUT2D eigenvalue weighted by atomic mass is 9.85. The number of carboxylic acid groups (broad SMARTS) is 1. The fourth-order valence-electron chi connectivity index (χ4n) is 4.81. The summed E-state index contributed by atoms with van der Waals surface area (Å²) >= 11 is 6.02. The number of carboxylic acids is 1. The zero-order chi connectivity index (χ0) is 23.2. The van der Waals surface area contributed by atoms with Crippen LogP contribution in [0.1, 0.15) is 50.5 Å². The number of hydrogen-bond acceptors (Lipinski definition) is 4. The van der Waals surface area contributed by atoms with Crippen molar-refractivity contribution in [2.45, 2.75) is 63.6 Å². The van der Waals surface area contributed by atoms with Crippen molar-refractivity contribution in [1.82, 2.24) is 5.32 Å². The molecule has 1 saturated carbocycles. The Bertz CT molecular complexity index is 959. The topological polar surface area (TPSA) is 78.9 Å². The molecule has 4 rings (SSSR count). The fraction of sp³-hybridized carbons (Fsp3) is 0.462. The molecule has 1 aliphatic carbocycles. The molecule has 1 aliphatic heterocycles. The average molecular weight is 471 g/mol. The Hall–Kier alpha value is -2.57. The van der Waals surface area contributed by atoms with Crippen LogP contribution < -0.4 is 15.0 Å². The molecule has 7 heteroatoms. The summed E-state index contributed by atoms with van der Waals surface area (Å²) in [5, 5.41) is 13.6. The lowest BCUT2D eigenvalue weighted by Crippen LogP contribution is -2.53. The molecular formula is C26H31ClN2O4. The molecule has 176 valence electrons. The van der Waals surface area contributed by atoms with Gasteiger partial charge >= 0.3 is 5.97 Å². The molecule has 6 nitrogen and oxygen atoms in total. The summed E-state index contributed by atoms with van der Waals surface area (Å²) in [6.45, 7) is 0.425.